The molecule has 0 heterocycles. The van der Waals surface area contributed by atoms with Crippen LogP contribution in [0.3, 0.4) is 0 Å². The molecule has 0 spiro atoms. The normalized spacial score (nSPS) is 11.0. The van der Waals surface area contributed by atoms with Crippen LogP contribution in [-0.4, -0.2) is 12.2 Å². The van der Waals surface area contributed by atoms with Crippen LogP contribution >= 0.6 is 0 Å². The van der Waals surface area contributed by atoms with Gasteiger partial charge in [-0.15, -0.1) is 0 Å². The zero-order valence-electron chi connectivity index (χ0n) is 12.8. The lowest BCUT2D eigenvalue weighted by Crippen LogP contribution is -1.91. The Morgan fingerprint density at radius 2 is 1.43 bits per heavy atom. The van der Waals surface area contributed by atoms with Crippen molar-refractivity contribution in [2.75, 3.05) is 7.11 Å². The number of rotatable bonds is 2. The molecule has 0 aliphatic heterocycles. The van der Waals surface area contributed by atoms with Crippen LogP contribution in [0.1, 0.15) is 0 Å². The van der Waals surface area contributed by atoms with Gasteiger partial charge in [-0.1, -0.05) is 54.6 Å². The minimum Gasteiger partial charge on any atom is -0.508 e. The molecule has 0 amide bonds. The van der Waals surface area contributed by atoms with Crippen molar-refractivity contribution in [2.45, 2.75) is 0 Å². The smallest absolute Gasteiger partial charge is 0.127 e. The number of benzene rings is 4. The van der Waals surface area contributed by atoms with Crippen molar-refractivity contribution < 1.29 is 9.84 Å². The average Bonchev–Trinajstić information content (AvgIpc) is 2.60. The van der Waals surface area contributed by atoms with Crippen LogP contribution < -0.4 is 4.74 Å². The van der Waals surface area contributed by atoms with Crippen LogP contribution in [0, 0.1) is 0 Å². The summed E-state index contributed by atoms with van der Waals surface area (Å²) in [5, 5.41) is 14.5. The molecule has 2 heteroatoms. The van der Waals surface area contributed by atoms with E-state index in [0.717, 1.165) is 38.4 Å². The number of hydrogen-bond donors (Lipinski definition) is 1. The Morgan fingerprint density at radius 3 is 2.22 bits per heavy atom. The van der Waals surface area contributed by atoms with Crippen LogP contribution in [0.2, 0.25) is 0 Å². The minimum atomic E-state index is 0.258. The van der Waals surface area contributed by atoms with Crippen molar-refractivity contribution in [2.24, 2.45) is 0 Å². The van der Waals surface area contributed by atoms with Gasteiger partial charge in [0.15, 0.2) is 0 Å². The number of hydrogen-bond acceptors (Lipinski definition) is 2. The van der Waals surface area contributed by atoms with Crippen LogP contribution in [-0.2, 0) is 0 Å². The van der Waals surface area contributed by atoms with Crippen molar-refractivity contribution in [3.8, 4) is 22.6 Å². The summed E-state index contributed by atoms with van der Waals surface area (Å²) in [5.74, 6) is 1.06. The van der Waals surface area contributed by atoms with E-state index in [1.54, 1.807) is 13.2 Å². The Hall–Kier alpha value is -3.00. The van der Waals surface area contributed by atoms with E-state index < -0.39 is 0 Å². The van der Waals surface area contributed by atoms with Gasteiger partial charge >= 0.3 is 0 Å². The van der Waals surface area contributed by atoms with Gasteiger partial charge in [0.1, 0.15) is 11.5 Å². The molecule has 0 aliphatic rings. The van der Waals surface area contributed by atoms with E-state index >= 15 is 0 Å². The maximum absolute atomic E-state index is 10.2. The molecule has 4 aromatic rings. The maximum atomic E-state index is 10.2. The first-order chi connectivity index (χ1) is 11.3. The molecule has 23 heavy (non-hydrogen) atoms. The number of fused-ring (bicyclic) bond motifs is 2. The highest BCUT2D eigenvalue weighted by Crippen LogP contribution is 2.41. The topological polar surface area (TPSA) is 29.5 Å². The molecular formula is C21H16O2. The van der Waals surface area contributed by atoms with Gasteiger partial charge in [-0.3, -0.25) is 0 Å². The predicted octanol–water partition coefficient (Wildman–Crippen LogP) is 5.37. The minimum absolute atomic E-state index is 0.258. The molecule has 0 fully saturated rings. The SMILES string of the molecule is COc1ccc2ccccc2c1-c1cc(O)cc2ccccc12. The van der Waals surface area contributed by atoms with E-state index in [1.807, 2.05) is 42.5 Å². The third-order valence-electron chi connectivity index (χ3n) is 4.23. The van der Waals surface area contributed by atoms with Crippen LogP contribution in [0.25, 0.3) is 32.7 Å². The summed E-state index contributed by atoms with van der Waals surface area (Å²) in [6.07, 6.45) is 0. The molecule has 0 bridgehead atoms. The summed E-state index contributed by atoms with van der Waals surface area (Å²) >= 11 is 0. The van der Waals surface area contributed by atoms with Crippen molar-refractivity contribution in [3.63, 3.8) is 0 Å². The van der Waals surface area contributed by atoms with Crippen molar-refractivity contribution in [1.82, 2.24) is 0 Å². The third kappa shape index (κ3) is 2.20. The van der Waals surface area contributed by atoms with Gasteiger partial charge in [0.2, 0.25) is 0 Å². The second-order valence-corrected chi connectivity index (χ2v) is 5.58. The number of ether oxygens (including phenoxy) is 1. The standard InChI is InChI=1S/C21H16O2/c1-23-20-11-10-14-6-2-5-9-18(14)21(20)19-13-16(22)12-15-7-3-4-8-17(15)19/h2-13,22H,1H3. The number of aromatic hydroxyl groups is 1. The molecule has 0 aliphatic carbocycles. The fourth-order valence-electron chi connectivity index (χ4n) is 3.20. The summed E-state index contributed by atoms with van der Waals surface area (Å²) in [5.41, 5.74) is 1.99. The average molecular weight is 300 g/mol. The highest BCUT2D eigenvalue weighted by atomic mass is 16.5. The molecule has 4 rings (SSSR count). The van der Waals surface area contributed by atoms with E-state index in [0.29, 0.717) is 0 Å². The summed E-state index contributed by atoms with van der Waals surface area (Å²) < 4.78 is 5.62. The molecule has 0 saturated heterocycles. The first kappa shape index (κ1) is 13.6. The lowest BCUT2D eigenvalue weighted by molar-refractivity contribution is 0.417. The molecule has 0 atom stereocenters. The Kier molecular flexibility index (Phi) is 3.16. The van der Waals surface area contributed by atoms with E-state index in [-0.39, 0.29) is 5.75 Å². The number of methoxy groups -OCH3 is 1. The van der Waals surface area contributed by atoms with Gasteiger partial charge in [0, 0.05) is 5.56 Å². The van der Waals surface area contributed by atoms with E-state index in [2.05, 4.69) is 24.3 Å². The zero-order chi connectivity index (χ0) is 15.8. The van der Waals surface area contributed by atoms with E-state index in [1.165, 1.54) is 0 Å². The van der Waals surface area contributed by atoms with Crippen LogP contribution in [0.5, 0.6) is 11.5 Å². The Balaban J connectivity index is 2.18. The maximum Gasteiger partial charge on any atom is 0.127 e. The number of phenols is 1. The summed E-state index contributed by atoms with van der Waals surface area (Å²) in [7, 11) is 1.68. The second-order valence-electron chi connectivity index (χ2n) is 5.58. The quantitative estimate of drug-likeness (QED) is 0.539. The summed E-state index contributed by atoms with van der Waals surface area (Å²) in [4.78, 5) is 0. The highest BCUT2D eigenvalue weighted by molar-refractivity contribution is 6.08. The number of phenolic OH excluding ortho intramolecular Hbond substituents is 1. The molecule has 112 valence electrons. The largest absolute Gasteiger partial charge is 0.508 e. The molecule has 0 aromatic heterocycles. The van der Waals surface area contributed by atoms with Gasteiger partial charge in [-0.2, -0.15) is 0 Å². The van der Waals surface area contributed by atoms with Gasteiger partial charge in [-0.05, 0) is 45.3 Å². The van der Waals surface area contributed by atoms with Gasteiger partial charge in [0.25, 0.3) is 0 Å². The molecule has 0 radical (unpaired) electrons. The predicted molar refractivity (Wildman–Crippen MR) is 95.1 cm³/mol. The van der Waals surface area contributed by atoms with E-state index in [4.69, 9.17) is 4.74 Å². The van der Waals surface area contributed by atoms with Crippen molar-refractivity contribution in [1.29, 1.82) is 0 Å². The summed E-state index contributed by atoms with van der Waals surface area (Å²) in [6.45, 7) is 0. The first-order valence-corrected chi connectivity index (χ1v) is 7.56. The second kappa shape index (κ2) is 5.33. The first-order valence-electron chi connectivity index (χ1n) is 7.56. The summed E-state index contributed by atoms with van der Waals surface area (Å²) in [6, 6.07) is 23.9. The van der Waals surface area contributed by atoms with Crippen LogP contribution in [0.15, 0.2) is 72.8 Å². The molecule has 2 nitrogen and oxygen atoms in total. The molecule has 0 saturated carbocycles. The van der Waals surface area contributed by atoms with Gasteiger partial charge in [-0.25, -0.2) is 0 Å². The molecule has 4 aromatic carbocycles. The third-order valence-corrected chi connectivity index (χ3v) is 4.23. The van der Waals surface area contributed by atoms with Crippen molar-refractivity contribution in [3.05, 3.63) is 72.8 Å². The highest BCUT2D eigenvalue weighted by Gasteiger charge is 2.14. The van der Waals surface area contributed by atoms with Gasteiger partial charge < -0.3 is 9.84 Å². The Bertz CT molecular complexity index is 1020. The molecule has 0 unspecified atom stereocenters. The van der Waals surface area contributed by atoms with Crippen molar-refractivity contribution >= 4 is 21.5 Å². The lowest BCUT2D eigenvalue weighted by atomic mass is 9.93. The fourth-order valence-corrected chi connectivity index (χ4v) is 3.20. The zero-order valence-corrected chi connectivity index (χ0v) is 12.8. The van der Waals surface area contributed by atoms with Gasteiger partial charge in [0.05, 0.1) is 7.11 Å². The van der Waals surface area contributed by atoms with E-state index in [9.17, 15) is 5.11 Å². The Labute approximate surface area is 134 Å². The molecule has 1 N–H and O–H groups in total. The fraction of sp³-hybridized carbons (Fsp3) is 0.0476. The lowest BCUT2D eigenvalue weighted by Gasteiger charge is -2.15. The monoisotopic (exact) mass is 300 g/mol. The Morgan fingerprint density at radius 1 is 0.739 bits per heavy atom. The molecular weight excluding hydrogens is 284 g/mol. The van der Waals surface area contributed by atoms with Crippen LogP contribution in [0.4, 0.5) is 0 Å².